The molecule has 0 bridgehead atoms. The van der Waals surface area contributed by atoms with Crippen molar-refractivity contribution >= 4 is 39.1 Å². The van der Waals surface area contributed by atoms with E-state index in [-0.39, 0.29) is 11.6 Å². The number of rotatable bonds is 3. The van der Waals surface area contributed by atoms with Crippen LogP contribution in [0.5, 0.6) is 0 Å². The van der Waals surface area contributed by atoms with Crippen molar-refractivity contribution in [2.45, 2.75) is 26.8 Å². The third-order valence-electron chi connectivity index (χ3n) is 3.17. The van der Waals surface area contributed by atoms with Gasteiger partial charge in [0, 0.05) is 4.47 Å². The van der Waals surface area contributed by atoms with Crippen molar-refractivity contribution in [2.75, 3.05) is 5.32 Å². The Kier molecular flexibility index (Phi) is 4.68. The number of amides is 1. The summed E-state index contributed by atoms with van der Waals surface area (Å²) < 4.78 is 15.9. The van der Waals surface area contributed by atoms with E-state index in [1.807, 2.05) is 0 Å². The Bertz CT molecular complexity index is 702. The molecule has 2 rings (SSSR count). The lowest BCUT2D eigenvalue weighted by Gasteiger charge is -2.15. The predicted molar refractivity (Wildman–Crippen MR) is 84.2 cm³/mol. The molecule has 1 amide bonds. The lowest BCUT2D eigenvalue weighted by Crippen LogP contribution is -2.25. The highest BCUT2D eigenvalue weighted by Crippen LogP contribution is 2.24. The maximum atomic E-state index is 13.7. The van der Waals surface area contributed by atoms with Crippen LogP contribution in [0.15, 0.2) is 22.7 Å². The second kappa shape index (κ2) is 6.15. The molecule has 0 aliphatic carbocycles. The molecule has 7 heteroatoms. The Hall–Kier alpha value is -1.40. The van der Waals surface area contributed by atoms with Crippen LogP contribution in [0.1, 0.15) is 24.4 Å². The van der Waals surface area contributed by atoms with Crippen molar-refractivity contribution in [1.29, 1.82) is 0 Å². The third kappa shape index (κ3) is 3.27. The molecule has 4 nitrogen and oxygen atoms in total. The Labute approximate surface area is 135 Å². The fraction of sp³-hybridized carbons (Fsp3) is 0.286. The van der Waals surface area contributed by atoms with Crippen molar-refractivity contribution in [1.82, 2.24) is 9.78 Å². The number of halogens is 3. The predicted octanol–water partition coefficient (Wildman–Crippen LogP) is 4.25. The van der Waals surface area contributed by atoms with Crippen LogP contribution < -0.4 is 5.32 Å². The number of hydrogen-bond donors (Lipinski definition) is 1. The molecule has 0 saturated carbocycles. The van der Waals surface area contributed by atoms with E-state index in [2.05, 4.69) is 26.3 Å². The molecule has 0 fully saturated rings. The fourth-order valence-electron chi connectivity index (χ4n) is 1.96. The largest absolute Gasteiger partial charge is 0.322 e. The van der Waals surface area contributed by atoms with E-state index < -0.39 is 11.9 Å². The number of carbonyl (C=O) groups is 1. The highest BCUT2D eigenvalue weighted by molar-refractivity contribution is 9.10. The first-order valence-electron chi connectivity index (χ1n) is 6.28. The summed E-state index contributed by atoms with van der Waals surface area (Å²) in [5.74, 6) is -0.866. The van der Waals surface area contributed by atoms with Crippen molar-refractivity contribution in [2.24, 2.45) is 0 Å². The molecule has 1 atom stereocenters. The van der Waals surface area contributed by atoms with Crippen LogP contribution in [0.2, 0.25) is 5.02 Å². The standard InChI is InChI=1S/C14H14BrClFN3O/c1-7-13(16)8(2)20(19-7)9(3)14(21)18-12-5-4-10(15)6-11(12)17/h4-6,9H,1-3H3,(H,18,21). The van der Waals surface area contributed by atoms with Gasteiger partial charge in [-0.3, -0.25) is 9.48 Å². The first kappa shape index (κ1) is 16.0. The quantitative estimate of drug-likeness (QED) is 0.873. The van der Waals surface area contributed by atoms with Crippen molar-refractivity contribution in [3.8, 4) is 0 Å². The van der Waals surface area contributed by atoms with E-state index in [9.17, 15) is 9.18 Å². The molecule has 2 aromatic rings. The van der Waals surface area contributed by atoms with Gasteiger partial charge in [-0.15, -0.1) is 0 Å². The Morgan fingerprint density at radius 2 is 2.14 bits per heavy atom. The summed E-state index contributed by atoms with van der Waals surface area (Å²) in [4.78, 5) is 12.2. The third-order valence-corrected chi connectivity index (χ3v) is 4.21. The van der Waals surface area contributed by atoms with E-state index in [1.54, 1.807) is 26.8 Å². The fourth-order valence-corrected chi connectivity index (χ4v) is 2.42. The van der Waals surface area contributed by atoms with Gasteiger partial charge in [-0.25, -0.2) is 4.39 Å². The molecule has 0 radical (unpaired) electrons. The van der Waals surface area contributed by atoms with Crippen molar-refractivity contribution in [3.05, 3.63) is 44.9 Å². The molecule has 112 valence electrons. The molecule has 1 aromatic carbocycles. The number of aryl methyl sites for hydroxylation is 1. The molecular weight excluding hydrogens is 361 g/mol. The molecule has 0 aliphatic rings. The first-order chi connectivity index (χ1) is 9.81. The van der Waals surface area contributed by atoms with Crippen molar-refractivity contribution < 1.29 is 9.18 Å². The number of carbonyl (C=O) groups excluding carboxylic acids is 1. The van der Waals surface area contributed by atoms with Crippen LogP contribution in [-0.2, 0) is 4.79 Å². The van der Waals surface area contributed by atoms with Gasteiger partial charge in [0.25, 0.3) is 0 Å². The second-order valence-corrected chi connectivity index (χ2v) is 6.01. The number of nitrogens with one attached hydrogen (secondary N) is 1. The van der Waals surface area contributed by atoms with Crippen LogP contribution in [0.3, 0.4) is 0 Å². The maximum Gasteiger partial charge on any atom is 0.249 e. The number of aromatic nitrogens is 2. The Balaban J connectivity index is 2.21. The van der Waals surface area contributed by atoms with Gasteiger partial charge in [0.1, 0.15) is 11.9 Å². The second-order valence-electron chi connectivity index (χ2n) is 4.72. The molecule has 1 aromatic heterocycles. The number of nitrogens with zero attached hydrogens (tertiary/aromatic N) is 2. The zero-order valence-corrected chi connectivity index (χ0v) is 14.1. The van der Waals surface area contributed by atoms with Gasteiger partial charge in [0.2, 0.25) is 5.91 Å². The molecule has 1 N–H and O–H groups in total. The van der Waals surface area contributed by atoms with Gasteiger partial charge < -0.3 is 5.32 Å². The minimum atomic E-state index is -0.598. The van der Waals surface area contributed by atoms with Crippen LogP contribution in [0.4, 0.5) is 10.1 Å². The lowest BCUT2D eigenvalue weighted by molar-refractivity contribution is -0.119. The van der Waals surface area contributed by atoms with Gasteiger partial charge in [0.15, 0.2) is 0 Å². The average molecular weight is 375 g/mol. The topological polar surface area (TPSA) is 46.9 Å². The van der Waals surface area contributed by atoms with Crippen LogP contribution in [0.25, 0.3) is 0 Å². The smallest absolute Gasteiger partial charge is 0.249 e. The molecule has 21 heavy (non-hydrogen) atoms. The van der Waals surface area contributed by atoms with Crippen LogP contribution >= 0.6 is 27.5 Å². The monoisotopic (exact) mass is 373 g/mol. The van der Waals surface area contributed by atoms with Crippen LogP contribution in [-0.4, -0.2) is 15.7 Å². The van der Waals surface area contributed by atoms with Gasteiger partial charge in [-0.05, 0) is 39.0 Å². The molecule has 0 aliphatic heterocycles. The minimum Gasteiger partial charge on any atom is -0.322 e. The van der Waals surface area contributed by atoms with E-state index in [0.29, 0.717) is 20.9 Å². The number of benzene rings is 1. The Morgan fingerprint density at radius 3 is 2.67 bits per heavy atom. The summed E-state index contributed by atoms with van der Waals surface area (Å²) in [6.07, 6.45) is 0. The zero-order chi connectivity index (χ0) is 15.7. The summed E-state index contributed by atoms with van der Waals surface area (Å²) in [7, 11) is 0. The summed E-state index contributed by atoms with van der Waals surface area (Å²) in [5, 5.41) is 7.32. The average Bonchev–Trinajstić information content (AvgIpc) is 2.68. The summed E-state index contributed by atoms with van der Waals surface area (Å²) in [6.45, 7) is 5.24. The molecule has 1 unspecified atom stereocenters. The number of anilines is 1. The summed E-state index contributed by atoms with van der Waals surface area (Å²) >= 11 is 9.24. The van der Waals surface area contributed by atoms with E-state index in [4.69, 9.17) is 11.6 Å². The van der Waals surface area contributed by atoms with E-state index in [0.717, 1.165) is 0 Å². The van der Waals surface area contributed by atoms with Crippen molar-refractivity contribution in [3.63, 3.8) is 0 Å². The highest BCUT2D eigenvalue weighted by atomic mass is 79.9. The van der Waals surface area contributed by atoms with Crippen LogP contribution in [0, 0.1) is 19.7 Å². The lowest BCUT2D eigenvalue weighted by atomic mass is 10.2. The normalized spacial score (nSPS) is 12.3. The minimum absolute atomic E-state index is 0.127. The van der Waals surface area contributed by atoms with E-state index >= 15 is 0 Å². The van der Waals surface area contributed by atoms with Gasteiger partial charge in [-0.2, -0.15) is 5.10 Å². The Morgan fingerprint density at radius 1 is 1.48 bits per heavy atom. The van der Waals surface area contributed by atoms with Gasteiger partial charge in [-0.1, -0.05) is 27.5 Å². The maximum absolute atomic E-state index is 13.7. The summed E-state index contributed by atoms with van der Waals surface area (Å²) in [5.41, 5.74) is 1.49. The molecule has 0 spiro atoms. The molecule has 1 heterocycles. The first-order valence-corrected chi connectivity index (χ1v) is 7.45. The SMILES string of the molecule is Cc1nn(C(C)C(=O)Nc2ccc(Br)cc2F)c(C)c1Cl. The zero-order valence-electron chi connectivity index (χ0n) is 11.7. The molecular formula is C14H14BrClFN3O. The van der Waals surface area contributed by atoms with E-state index in [1.165, 1.54) is 16.8 Å². The molecule has 0 saturated heterocycles. The van der Waals surface area contributed by atoms with Gasteiger partial charge >= 0.3 is 0 Å². The number of hydrogen-bond acceptors (Lipinski definition) is 2. The highest BCUT2D eigenvalue weighted by Gasteiger charge is 2.21. The van der Waals surface area contributed by atoms with Gasteiger partial charge in [0.05, 0.1) is 22.1 Å². The summed E-state index contributed by atoms with van der Waals surface area (Å²) in [6, 6.07) is 3.85.